The third kappa shape index (κ3) is 7.86. The normalized spacial score (nSPS) is 20.4. The highest BCUT2D eigenvalue weighted by Crippen LogP contribution is 2.40. The lowest BCUT2D eigenvalue weighted by Gasteiger charge is -2.43. The standard InChI is InChI=1S/C31H40FNO6.C2H6/c1-21-10-12-23(13-11-21)29(34)33(24-14-16-31(37-3,38-4)17-15-24)27-19-26(32)28(18-25(27)30(35)36-2)39-20-22-8-6-5-7-9-22;1-2/h5-9,18-19,21,23-24H,10-17,20H2,1-4H3;1-2H3. The Balaban J connectivity index is 0.00000226. The van der Waals surface area contributed by atoms with Crippen molar-refractivity contribution in [1.29, 1.82) is 0 Å². The summed E-state index contributed by atoms with van der Waals surface area (Å²) in [6.07, 6.45) is 5.81. The fraction of sp³-hybridized carbons (Fsp3) is 0.576. The summed E-state index contributed by atoms with van der Waals surface area (Å²) in [7, 11) is 4.52. The van der Waals surface area contributed by atoms with Crippen molar-refractivity contribution in [2.24, 2.45) is 11.8 Å². The van der Waals surface area contributed by atoms with Crippen molar-refractivity contribution in [3.63, 3.8) is 0 Å². The quantitative estimate of drug-likeness (QED) is 0.232. The van der Waals surface area contributed by atoms with Gasteiger partial charge in [-0.05, 0) is 56.1 Å². The number of hydrogen-bond donors (Lipinski definition) is 0. The third-order valence-corrected chi connectivity index (χ3v) is 8.38. The first-order valence-corrected chi connectivity index (χ1v) is 14.8. The Bertz CT molecular complexity index is 1120. The van der Waals surface area contributed by atoms with Crippen molar-refractivity contribution in [2.45, 2.75) is 90.6 Å². The molecule has 0 unspecified atom stereocenters. The topological polar surface area (TPSA) is 74.3 Å². The Morgan fingerprint density at radius 1 is 0.927 bits per heavy atom. The molecule has 8 heteroatoms. The van der Waals surface area contributed by atoms with E-state index in [-0.39, 0.29) is 41.5 Å². The molecule has 0 saturated heterocycles. The Morgan fingerprint density at radius 3 is 2.10 bits per heavy atom. The predicted molar refractivity (Wildman–Crippen MR) is 157 cm³/mol. The van der Waals surface area contributed by atoms with Gasteiger partial charge in [-0.25, -0.2) is 9.18 Å². The minimum atomic E-state index is -0.711. The maximum atomic E-state index is 15.6. The summed E-state index contributed by atoms with van der Waals surface area (Å²) in [5.74, 6) is -1.74. The summed E-state index contributed by atoms with van der Waals surface area (Å²) < 4.78 is 37.7. The zero-order valence-corrected chi connectivity index (χ0v) is 25.4. The predicted octanol–water partition coefficient (Wildman–Crippen LogP) is 7.31. The van der Waals surface area contributed by atoms with Crippen LogP contribution in [0, 0.1) is 17.7 Å². The molecule has 0 aliphatic heterocycles. The fourth-order valence-electron chi connectivity index (χ4n) is 5.85. The molecule has 2 saturated carbocycles. The molecule has 0 heterocycles. The average molecular weight is 572 g/mol. The van der Waals surface area contributed by atoms with Crippen molar-refractivity contribution in [3.8, 4) is 5.75 Å². The zero-order chi connectivity index (χ0) is 30.0. The number of nitrogens with zero attached hydrogens (tertiary/aromatic N) is 1. The van der Waals surface area contributed by atoms with Gasteiger partial charge in [0.1, 0.15) is 6.61 Å². The van der Waals surface area contributed by atoms with Crippen LogP contribution in [-0.2, 0) is 25.6 Å². The van der Waals surface area contributed by atoms with E-state index in [9.17, 15) is 9.59 Å². The van der Waals surface area contributed by atoms with Crippen LogP contribution in [0.2, 0.25) is 0 Å². The maximum Gasteiger partial charge on any atom is 0.340 e. The van der Waals surface area contributed by atoms with Crippen LogP contribution < -0.4 is 9.64 Å². The second kappa shape index (κ2) is 15.3. The molecule has 0 atom stereocenters. The smallest absolute Gasteiger partial charge is 0.340 e. The minimum absolute atomic E-state index is 0.0664. The maximum absolute atomic E-state index is 15.6. The number of benzene rings is 2. The summed E-state index contributed by atoms with van der Waals surface area (Å²) in [6, 6.07) is 11.8. The first-order chi connectivity index (χ1) is 19.8. The van der Waals surface area contributed by atoms with Crippen molar-refractivity contribution in [3.05, 3.63) is 59.4 Å². The van der Waals surface area contributed by atoms with Crippen LogP contribution in [0.5, 0.6) is 5.75 Å². The number of amides is 1. The summed E-state index contributed by atoms with van der Waals surface area (Å²) >= 11 is 0. The van der Waals surface area contributed by atoms with Crippen LogP contribution in [0.3, 0.4) is 0 Å². The van der Waals surface area contributed by atoms with Gasteiger partial charge in [0.05, 0.1) is 18.4 Å². The summed E-state index contributed by atoms with van der Waals surface area (Å²) in [5, 5.41) is 0. The van der Waals surface area contributed by atoms with Crippen molar-refractivity contribution >= 4 is 17.6 Å². The van der Waals surface area contributed by atoms with E-state index in [2.05, 4.69) is 6.92 Å². The van der Waals surface area contributed by atoms with E-state index >= 15 is 4.39 Å². The number of rotatable bonds is 9. The minimum Gasteiger partial charge on any atom is -0.486 e. The second-order valence-electron chi connectivity index (χ2n) is 10.8. The van der Waals surface area contributed by atoms with E-state index in [1.807, 2.05) is 44.2 Å². The van der Waals surface area contributed by atoms with Gasteiger partial charge in [0, 0.05) is 45.1 Å². The molecule has 0 bridgehead atoms. The molecule has 2 aromatic rings. The molecular weight excluding hydrogens is 525 g/mol. The van der Waals surface area contributed by atoms with Gasteiger partial charge in [0.25, 0.3) is 0 Å². The Morgan fingerprint density at radius 2 is 1.54 bits per heavy atom. The Kier molecular flexibility index (Phi) is 12.2. The number of methoxy groups -OCH3 is 3. The second-order valence-corrected chi connectivity index (χ2v) is 10.8. The lowest BCUT2D eigenvalue weighted by molar-refractivity contribution is -0.224. The number of anilines is 1. The summed E-state index contributed by atoms with van der Waals surface area (Å²) in [4.78, 5) is 28.8. The number of esters is 1. The van der Waals surface area contributed by atoms with Crippen LogP contribution in [0.15, 0.2) is 42.5 Å². The highest BCUT2D eigenvalue weighted by molar-refractivity contribution is 6.04. The molecule has 1 amide bonds. The molecule has 2 aliphatic rings. The molecule has 0 spiro atoms. The molecule has 2 aliphatic carbocycles. The van der Waals surface area contributed by atoms with E-state index in [1.165, 1.54) is 19.2 Å². The first kappa shape index (κ1) is 32.5. The van der Waals surface area contributed by atoms with Crippen LogP contribution >= 0.6 is 0 Å². The van der Waals surface area contributed by atoms with Crippen molar-refractivity contribution < 1.29 is 32.9 Å². The number of carbonyl (C=O) groups excluding carboxylic acids is 2. The van der Waals surface area contributed by atoms with Gasteiger partial charge in [0.2, 0.25) is 5.91 Å². The summed E-state index contributed by atoms with van der Waals surface area (Å²) in [6.45, 7) is 6.34. The van der Waals surface area contributed by atoms with E-state index in [0.717, 1.165) is 31.2 Å². The zero-order valence-electron chi connectivity index (χ0n) is 25.4. The monoisotopic (exact) mass is 571 g/mol. The average Bonchev–Trinajstić information content (AvgIpc) is 3.02. The van der Waals surface area contributed by atoms with Gasteiger partial charge >= 0.3 is 5.97 Å². The van der Waals surface area contributed by atoms with E-state index in [4.69, 9.17) is 18.9 Å². The number of hydrogen-bond acceptors (Lipinski definition) is 6. The molecule has 2 fully saturated rings. The number of ether oxygens (including phenoxy) is 4. The largest absolute Gasteiger partial charge is 0.486 e. The first-order valence-electron chi connectivity index (χ1n) is 14.8. The SMILES string of the molecule is CC.COC(=O)c1cc(OCc2ccccc2)c(F)cc1N(C(=O)C1CCC(C)CC1)C1CCC(OC)(OC)CC1. The molecule has 41 heavy (non-hydrogen) atoms. The molecule has 7 nitrogen and oxygen atoms in total. The van der Waals surface area contributed by atoms with Gasteiger partial charge in [-0.2, -0.15) is 0 Å². The molecule has 0 N–H and O–H groups in total. The molecule has 4 rings (SSSR count). The number of halogens is 1. The molecule has 0 radical (unpaired) electrons. The van der Waals surface area contributed by atoms with E-state index in [1.54, 1.807) is 19.1 Å². The Labute approximate surface area is 244 Å². The van der Waals surface area contributed by atoms with Gasteiger partial charge < -0.3 is 23.8 Å². The van der Waals surface area contributed by atoms with Crippen LogP contribution in [0.25, 0.3) is 0 Å². The molecule has 0 aromatic heterocycles. The lowest BCUT2D eigenvalue weighted by atomic mass is 9.81. The van der Waals surface area contributed by atoms with Crippen molar-refractivity contribution in [1.82, 2.24) is 0 Å². The fourth-order valence-corrected chi connectivity index (χ4v) is 5.85. The highest BCUT2D eigenvalue weighted by atomic mass is 19.1. The van der Waals surface area contributed by atoms with Crippen LogP contribution in [-0.4, -0.2) is 45.0 Å². The third-order valence-electron chi connectivity index (χ3n) is 8.38. The van der Waals surface area contributed by atoms with E-state index < -0.39 is 17.6 Å². The van der Waals surface area contributed by atoms with Gasteiger partial charge in [0.15, 0.2) is 17.4 Å². The van der Waals surface area contributed by atoms with Crippen LogP contribution in [0.1, 0.15) is 88.1 Å². The Hall–Kier alpha value is -2.97. The number of carbonyl (C=O) groups is 2. The summed E-state index contributed by atoms with van der Waals surface area (Å²) in [5.41, 5.74) is 1.20. The van der Waals surface area contributed by atoms with E-state index in [0.29, 0.717) is 31.6 Å². The lowest BCUT2D eigenvalue weighted by Crippen LogP contribution is -2.50. The molecule has 2 aromatic carbocycles. The molecule has 226 valence electrons. The van der Waals surface area contributed by atoms with Gasteiger partial charge in [-0.1, -0.05) is 51.1 Å². The van der Waals surface area contributed by atoms with Crippen molar-refractivity contribution in [2.75, 3.05) is 26.2 Å². The highest BCUT2D eigenvalue weighted by Gasteiger charge is 2.42. The van der Waals surface area contributed by atoms with Gasteiger partial charge in [-0.15, -0.1) is 0 Å². The van der Waals surface area contributed by atoms with Gasteiger partial charge in [-0.3, -0.25) is 4.79 Å². The van der Waals surface area contributed by atoms with Crippen LogP contribution in [0.4, 0.5) is 10.1 Å². The molecular formula is C33H46FNO6.